The highest BCUT2D eigenvalue weighted by Gasteiger charge is 2.39. The van der Waals surface area contributed by atoms with E-state index in [0.717, 1.165) is 36.3 Å². The fourth-order valence-corrected chi connectivity index (χ4v) is 5.13. The summed E-state index contributed by atoms with van der Waals surface area (Å²) in [6.07, 6.45) is 5.61. The van der Waals surface area contributed by atoms with E-state index in [9.17, 15) is 0 Å². The van der Waals surface area contributed by atoms with Crippen molar-refractivity contribution in [2.24, 2.45) is 0 Å². The normalized spacial score (nSPS) is 23.9. The summed E-state index contributed by atoms with van der Waals surface area (Å²) >= 11 is 0. The minimum atomic E-state index is 0.0585. The number of nitrogens with one attached hydrogen (secondary N) is 2. The van der Waals surface area contributed by atoms with E-state index in [1.807, 2.05) is 16.8 Å². The lowest BCUT2D eigenvalue weighted by atomic mass is 10.0. The van der Waals surface area contributed by atoms with Crippen molar-refractivity contribution in [3.63, 3.8) is 0 Å². The first-order valence-corrected chi connectivity index (χ1v) is 10.9. The molecule has 0 spiro atoms. The molecular weight excluding hydrogens is 368 g/mol. The van der Waals surface area contributed by atoms with Crippen LogP contribution in [0.15, 0.2) is 24.3 Å². The maximum absolute atomic E-state index is 5.72. The predicted molar refractivity (Wildman–Crippen MR) is 108 cm³/mol. The molecule has 0 bridgehead atoms. The molecule has 2 aliphatic rings. The standard InChI is InChI=1S/C21H32N6O2/c1-28-16-15-27-21(22-23-24-27)20(18-9-5-6-10-19(18)29-2)26-13-11-25(12-14-26)17-7-3-4-8-17/h5-6,9-10,17,20H,3-4,7-8,11-16H2,1-2H3/p+2/t20-/m1/s1. The van der Waals surface area contributed by atoms with Crippen LogP contribution in [0.1, 0.15) is 43.1 Å². The van der Waals surface area contributed by atoms with Crippen LogP contribution in [0.2, 0.25) is 0 Å². The van der Waals surface area contributed by atoms with Crippen LogP contribution in [0, 0.1) is 0 Å². The van der Waals surface area contributed by atoms with Gasteiger partial charge in [-0.3, -0.25) is 0 Å². The zero-order valence-corrected chi connectivity index (χ0v) is 17.6. The first-order valence-electron chi connectivity index (χ1n) is 10.9. The maximum Gasteiger partial charge on any atom is 0.214 e. The zero-order valence-electron chi connectivity index (χ0n) is 17.6. The van der Waals surface area contributed by atoms with Crippen molar-refractivity contribution in [1.29, 1.82) is 0 Å². The Morgan fingerprint density at radius 2 is 1.86 bits per heavy atom. The first-order chi connectivity index (χ1) is 14.3. The van der Waals surface area contributed by atoms with Gasteiger partial charge in [0.15, 0.2) is 6.04 Å². The summed E-state index contributed by atoms with van der Waals surface area (Å²) in [7, 11) is 3.44. The molecule has 8 heteroatoms. The number of methoxy groups -OCH3 is 2. The highest BCUT2D eigenvalue weighted by Crippen LogP contribution is 2.26. The van der Waals surface area contributed by atoms with Gasteiger partial charge in [-0.05, 0) is 48.2 Å². The number of hydrogen-bond acceptors (Lipinski definition) is 5. The molecule has 1 aliphatic heterocycles. The van der Waals surface area contributed by atoms with Crippen molar-refractivity contribution < 1.29 is 19.3 Å². The number of para-hydroxylation sites is 1. The molecule has 1 atom stereocenters. The fourth-order valence-electron chi connectivity index (χ4n) is 5.13. The van der Waals surface area contributed by atoms with E-state index in [-0.39, 0.29) is 6.04 Å². The van der Waals surface area contributed by atoms with Crippen LogP contribution < -0.4 is 14.5 Å². The molecule has 2 heterocycles. The molecule has 2 fully saturated rings. The Morgan fingerprint density at radius 1 is 1.10 bits per heavy atom. The zero-order chi connectivity index (χ0) is 20.1. The van der Waals surface area contributed by atoms with Crippen molar-refractivity contribution in [3.05, 3.63) is 35.7 Å². The van der Waals surface area contributed by atoms with Gasteiger partial charge in [0, 0.05) is 7.11 Å². The van der Waals surface area contributed by atoms with Gasteiger partial charge < -0.3 is 19.3 Å². The molecule has 0 amide bonds. The largest absolute Gasteiger partial charge is 0.496 e. The van der Waals surface area contributed by atoms with Crippen LogP contribution in [0.25, 0.3) is 0 Å². The third-order valence-corrected chi connectivity index (χ3v) is 6.65. The lowest BCUT2D eigenvalue weighted by Crippen LogP contribution is -3.29. The summed E-state index contributed by atoms with van der Waals surface area (Å²) in [5.74, 6) is 1.79. The van der Waals surface area contributed by atoms with E-state index in [1.54, 1.807) is 19.1 Å². The summed E-state index contributed by atoms with van der Waals surface area (Å²) in [5.41, 5.74) is 1.16. The topological polar surface area (TPSA) is 70.9 Å². The molecule has 29 heavy (non-hydrogen) atoms. The molecule has 2 N–H and O–H groups in total. The molecule has 4 rings (SSSR count). The van der Waals surface area contributed by atoms with Crippen LogP contribution in [0.4, 0.5) is 0 Å². The number of ether oxygens (including phenoxy) is 2. The van der Waals surface area contributed by atoms with E-state index in [1.165, 1.54) is 43.7 Å². The van der Waals surface area contributed by atoms with Gasteiger partial charge in [0.1, 0.15) is 31.9 Å². The van der Waals surface area contributed by atoms with Gasteiger partial charge in [-0.1, -0.05) is 12.1 Å². The van der Waals surface area contributed by atoms with E-state index < -0.39 is 0 Å². The Morgan fingerprint density at radius 3 is 2.59 bits per heavy atom. The van der Waals surface area contributed by atoms with Crippen molar-refractivity contribution >= 4 is 0 Å². The van der Waals surface area contributed by atoms with E-state index >= 15 is 0 Å². The average Bonchev–Trinajstić information content (AvgIpc) is 3.46. The number of aromatic nitrogens is 4. The van der Waals surface area contributed by atoms with E-state index in [4.69, 9.17) is 9.47 Å². The number of rotatable bonds is 8. The molecule has 158 valence electrons. The number of piperazine rings is 1. The Labute approximate surface area is 172 Å². The minimum absolute atomic E-state index is 0.0585. The average molecular weight is 403 g/mol. The van der Waals surface area contributed by atoms with Crippen molar-refractivity contribution in [1.82, 2.24) is 20.2 Å². The molecule has 1 aromatic carbocycles. The molecular formula is C21H34N6O2+2. The number of hydrogen-bond donors (Lipinski definition) is 2. The minimum Gasteiger partial charge on any atom is -0.496 e. The lowest BCUT2D eigenvalue weighted by molar-refractivity contribution is -1.03. The van der Waals surface area contributed by atoms with Gasteiger partial charge in [-0.25, -0.2) is 4.68 Å². The smallest absolute Gasteiger partial charge is 0.214 e. The monoisotopic (exact) mass is 402 g/mol. The van der Waals surface area contributed by atoms with Crippen molar-refractivity contribution in [2.75, 3.05) is 47.0 Å². The van der Waals surface area contributed by atoms with Crippen LogP contribution >= 0.6 is 0 Å². The third-order valence-electron chi connectivity index (χ3n) is 6.65. The van der Waals surface area contributed by atoms with Crippen molar-refractivity contribution in [3.8, 4) is 5.75 Å². The molecule has 1 aromatic heterocycles. The molecule has 1 saturated heterocycles. The SMILES string of the molecule is COCCn1nnnc1[C@@H](c1ccccc1OC)[NH+]1CC[NH+](C2CCCC2)CC1. The Balaban J connectivity index is 1.60. The number of tetrazole rings is 1. The highest BCUT2D eigenvalue weighted by molar-refractivity contribution is 5.37. The van der Waals surface area contributed by atoms with Crippen LogP contribution in [0.3, 0.4) is 0 Å². The molecule has 0 unspecified atom stereocenters. The summed E-state index contributed by atoms with van der Waals surface area (Å²) in [6, 6.07) is 9.21. The Bertz CT molecular complexity index is 768. The van der Waals surface area contributed by atoms with Gasteiger partial charge in [0.2, 0.25) is 5.82 Å². The Kier molecular flexibility index (Phi) is 6.74. The van der Waals surface area contributed by atoms with Crippen molar-refractivity contribution in [2.45, 2.75) is 44.3 Å². The van der Waals surface area contributed by atoms with Gasteiger partial charge in [-0.15, -0.1) is 5.10 Å². The second-order valence-electron chi connectivity index (χ2n) is 8.23. The molecule has 2 aromatic rings. The third kappa shape index (κ3) is 4.44. The van der Waals surface area contributed by atoms with Gasteiger partial charge >= 0.3 is 0 Å². The molecule has 0 radical (unpaired) electrons. The lowest BCUT2D eigenvalue weighted by Gasteiger charge is -2.36. The van der Waals surface area contributed by atoms with Gasteiger partial charge in [0.25, 0.3) is 0 Å². The second kappa shape index (κ2) is 9.65. The summed E-state index contributed by atoms with van der Waals surface area (Å²) in [6.45, 7) is 5.90. The van der Waals surface area contributed by atoms with Crippen LogP contribution in [-0.2, 0) is 11.3 Å². The molecule has 1 saturated carbocycles. The van der Waals surface area contributed by atoms with E-state index in [0.29, 0.717) is 13.2 Å². The predicted octanol–water partition coefficient (Wildman–Crippen LogP) is -0.856. The number of nitrogens with zero attached hydrogens (tertiary/aromatic N) is 4. The fraction of sp³-hybridized carbons (Fsp3) is 0.667. The Hall–Kier alpha value is -2.03. The summed E-state index contributed by atoms with van der Waals surface area (Å²) in [5, 5.41) is 12.7. The van der Waals surface area contributed by atoms with E-state index in [2.05, 4.69) is 27.7 Å². The summed E-state index contributed by atoms with van der Waals surface area (Å²) in [4.78, 5) is 3.31. The first kappa shape index (κ1) is 20.3. The van der Waals surface area contributed by atoms with Crippen LogP contribution in [-0.4, -0.2) is 73.3 Å². The number of quaternary nitrogens is 2. The molecule has 8 nitrogen and oxygen atoms in total. The summed E-state index contributed by atoms with van der Waals surface area (Å²) < 4.78 is 12.9. The quantitative estimate of drug-likeness (QED) is 0.602. The second-order valence-corrected chi connectivity index (χ2v) is 8.23. The van der Waals surface area contributed by atoms with Gasteiger partial charge in [-0.2, -0.15) is 0 Å². The maximum atomic E-state index is 5.72. The molecule has 1 aliphatic carbocycles. The van der Waals surface area contributed by atoms with Gasteiger partial charge in [0.05, 0.1) is 31.9 Å². The number of benzene rings is 1. The van der Waals surface area contributed by atoms with Crippen LogP contribution in [0.5, 0.6) is 5.75 Å². The highest BCUT2D eigenvalue weighted by atomic mass is 16.5.